The summed E-state index contributed by atoms with van der Waals surface area (Å²) in [5, 5.41) is 5.15. The van der Waals surface area contributed by atoms with E-state index in [0.29, 0.717) is 6.54 Å². The van der Waals surface area contributed by atoms with Crippen molar-refractivity contribution in [3.05, 3.63) is 22.4 Å². The van der Waals surface area contributed by atoms with Crippen molar-refractivity contribution < 1.29 is 9.53 Å². The van der Waals surface area contributed by atoms with Crippen LogP contribution >= 0.6 is 11.3 Å². The predicted octanol–water partition coefficient (Wildman–Crippen LogP) is 2.14. The van der Waals surface area contributed by atoms with Crippen LogP contribution in [0.2, 0.25) is 0 Å². The first-order chi connectivity index (χ1) is 10.8. The van der Waals surface area contributed by atoms with E-state index in [0.717, 1.165) is 58.6 Å². The van der Waals surface area contributed by atoms with Gasteiger partial charge < -0.3 is 15.0 Å². The van der Waals surface area contributed by atoms with Gasteiger partial charge in [0.25, 0.3) is 0 Å². The summed E-state index contributed by atoms with van der Waals surface area (Å²) in [5.41, 5.74) is 0. The Bertz CT molecular complexity index is 460. The number of amides is 2. The molecule has 0 aromatic carbocycles. The van der Waals surface area contributed by atoms with Crippen LogP contribution in [0, 0.1) is 0 Å². The summed E-state index contributed by atoms with van der Waals surface area (Å²) in [6.07, 6.45) is 3.43. The van der Waals surface area contributed by atoms with Gasteiger partial charge in [0.1, 0.15) is 0 Å². The predicted molar refractivity (Wildman–Crippen MR) is 88.2 cm³/mol. The van der Waals surface area contributed by atoms with Gasteiger partial charge in [0.2, 0.25) is 0 Å². The molecule has 2 aliphatic heterocycles. The summed E-state index contributed by atoms with van der Waals surface area (Å²) >= 11 is 1.80. The second-order valence-electron chi connectivity index (χ2n) is 6.02. The van der Waals surface area contributed by atoms with Crippen molar-refractivity contribution in [2.75, 3.05) is 39.3 Å². The smallest absolute Gasteiger partial charge is 0.317 e. The fraction of sp³-hybridized carbons (Fsp3) is 0.688. The van der Waals surface area contributed by atoms with Crippen LogP contribution in [0.5, 0.6) is 0 Å². The number of nitrogens with zero attached hydrogens (tertiary/aromatic N) is 2. The maximum Gasteiger partial charge on any atom is 0.317 e. The van der Waals surface area contributed by atoms with Gasteiger partial charge in [-0.15, -0.1) is 11.3 Å². The first kappa shape index (κ1) is 15.8. The van der Waals surface area contributed by atoms with Gasteiger partial charge in [-0.1, -0.05) is 6.07 Å². The van der Waals surface area contributed by atoms with Crippen LogP contribution in [-0.4, -0.2) is 61.3 Å². The Balaban J connectivity index is 1.42. The van der Waals surface area contributed by atoms with E-state index in [4.69, 9.17) is 4.74 Å². The van der Waals surface area contributed by atoms with Gasteiger partial charge in [-0.25, -0.2) is 4.79 Å². The zero-order valence-corrected chi connectivity index (χ0v) is 13.8. The molecule has 3 heterocycles. The Morgan fingerprint density at radius 3 is 3.05 bits per heavy atom. The average Bonchev–Trinajstić information content (AvgIpc) is 3.16. The molecule has 2 aliphatic rings. The van der Waals surface area contributed by atoms with E-state index in [-0.39, 0.29) is 12.1 Å². The molecule has 122 valence electrons. The number of thiophene rings is 1. The van der Waals surface area contributed by atoms with E-state index < -0.39 is 0 Å². The summed E-state index contributed by atoms with van der Waals surface area (Å²) in [7, 11) is 0. The second-order valence-corrected chi connectivity index (χ2v) is 7.05. The Morgan fingerprint density at radius 2 is 2.27 bits per heavy atom. The molecule has 1 aromatic heterocycles. The molecular weight excluding hydrogens is 298 g/mol. The highest BCUT2D eigenvalue weighted by Gasteiger charge is 2.21. The highest BCUT2D eigenvalue weighted by molar-refractivity contribution is 7.09. The number of hydrogen-bond donors (Lipinski definition) is 1. The van der Waals surface area contributed by atoms with Crippen molar-refractivity contribution in [1.29, 1.82) is 0 Å². The van der Waals surface area contributed by atoms with Crippen LogP contribution in [0.1, 0.15) is 24.1 Å². The molecule has 0 bridgehead atoms. The quantitative estimate of drug-likeness (QED) is 0.923. The Morgan fingerprint density at radius 1 is 1.32 bits per heavy atom. The zero-order valence-electron chi connectivity index (χ0n) is 13.0. The molecule has 3 rings (SSSR count). The number of nitrogens with one attached hydrogen (secondary N) is 1. The van der Waals surface area contributed by atoms with Gasteiger partial charge >= 0.3 is 6.03 Å². The summed E-state index contributed by atoms with van der Waals surface area (Å²) < 4.78 is 5.55. The van der Waals surface area contributed by atoms with Crippen LogP contribution in [0.4, 0.5) is 4.79 Å². The summed E-state index contributed by atoms with van der Waals surface area (Å²) in [6.45, 7) is 6.15. The molecule has 0 saturated carbocycles. The van der Waals surface area contributed by atoms with Crippen LogP contribution in [0.3, 0.4) is 0 Å². The molecule has 6 heteroatoms. The molecule has 1 atom stereocenters. The standard InChI is InChI=1S/C16H25N3O2S/c20-16(17-12-14-4-1-10-21-14)19-7-3-6-18(8-9-19)13-15-5-2-11-22-15/h2,5,11,14H,1,3-4,6-10,12-13H2,(H,17,20)/t14-/m1/s1. The Kier molecular flexibility index (Phi) is 5.70. The molecule has 1 N–H and O–H groups in total. The molecule has 0 aliphatic carbocycles. The Hall–Kier alpha value is -1.11. The highest BCUT2D eigenvalue weighted by Crippen LogP contribution is 2.14. The lowest BCUT2D eigenvalue weighted by atomic mass is 10.2. The van der Waals surface area contributed by atoms with Gasteiger partial charge in [0, 0.05) is 50.8 Å². The topological polar surface area (TPSA) is 44.8 Å². The molecular formula is C16H25N3O2S. The van der Waals surface area contributed by atoms with Crippen LogP contribution in [0.15, 0.2) is 17.5 Å². The first-order valence-corrected chi connectivity index (χ1v) is 9.08. The normalized spacial score (nSPS) is 23.5. The highest BCUT2D eigenvalue weighted by atomic mass is 32.1. The number of urea groups is 1. The zero-order chi connectivity index (χ0) is 15.2. The van der Waals surface area contributed by atoms with Crippen molar-refractivity contribution in [2.45, 2.75) is 31.9 Å². The third-order valence-electron chi connectivity index (χ3n) is 4.34. The fourth-order valence-electron chi connectivity index (χ4n) is 3.07. The molecule has 5 nitrogen and oxygen atoms in total. The molecule has 1 aromatic rings. The largest absolute Gasteiger partial charge is 0.376 e. The molecule has 0 radical (unpaired) electrons. The Labute approximate surface area is 136 Å². The summed E-state index contributed by atoms with van der Waals surface area (Å²) in [5.74, 6) is 0. The number of ether oxygens (including phenoxy) is 1. The number of rotatable bonds is 4. The van der Waals surface area contributed by atoms with Gasteiger partial charge in [-0.2, -0.15) is 0 Å². The number of carbonyl (C=O) groups is 1. The molecule has 2 saturated heterocycles. The van der Waals surface area contributed by atoms with Crippen molar-refractivity contribution in [3.8, 4) is 0 Å². The maximum absolute atomic E-state index is 12.3. The van der Waals surface area contributed by atoms with Gasteiger partial charge in [0.15, 0.2) is 0 Å². The molecule has 22 heavy (non-hydrogen) atoms. The average molecular weight is 323 g/mol. The van der Waals surface area contributed by atoms with Crippen molar-refractivity contribution in [1.82, 2.24) is 15.1 Å². The summed E-state index contributed by atoms with van der Waals surface area (Å²) in [6, 6.07) is 4.35. The van der Waals surface area contributed by atoms with Crippen molar-refractivity contribution in [2.24, 2.45) is 0 Å². The van der Waals surface area contributed by atoms with Crippen LogP contribution in [0.25, 0.3) is 0 Å². The third kappa shape index (κ3) is 4.44. The first-order valence-electron chi connectivity index (χ1n) is 8.20. The van der Waals surface area contributed by atoms with E-state index in [1.165, 1.54) is 4.88 Å². The maximum atomic E-state index is 12.3. The van der Waals surface area contributed by atoms with Gasteiger partial charge in [0.05, 0.1) is 6.10 Å². The van der Waals surface area contributed by atoms with Crippen molar-refractivity contribution in [3.63, 3.8) is 0 Å². The van der Waals surface area contributed by atoms with E-state index in [1.54, 1.807) is 11.3 Å². The molecule has 0 unspecified atom stereocenters. The minimum Gasteiger partial charge on any atom is -0.376 e. The van der Waals surface area contributed by atoms with E-state index >= 15 is 0 Å². The minimum atomic E-state index is 0.0634. The fourth-order valence-corrected chi connectivity index (χ4v) is 3.82. The lowest BCUT2D eigenvalue weighted by Gasteiger charge is -2.22. The lowest BCUT2D eigenvalue weighted by Crippen LogP contribution is -2.44. The minimum absolute atomic E-state index is 0.0634. The molecule has 2 fully saturated rings. The van der Waals surface area contributed by atoms with Crippen LogP contribution in [-0.2, 0) is 11.3 Å². The molecule has 0 spiro atoms. The van der Waals surface area contributed by atoms with E-state index in [9.17, 15) is 4.79 Å². The van der Waals surface area contributed by atoms with Gasteiger partial charge in [-0.05, 0) is 30.7 Å². The number of carbonyl (C=O) groups excluding carboxylic acids is 1. The summed E-state index contributed by atoms with van der Waals surface area (Å²) in [4.78, 5) is 18.1. The van der Waals surface area contributed by atoms with Gasteiger partial charge in [-0.3, -0.25) is 4.90 Å². The number of hydrogen-bond acceptors (Lipinski definition) is 4. The second kappa shape index (κ2) is 7.94. The molecule has 2 amide bonds. The third-order valence-corrected chi connectivity index (χ3v) is 5.20. The van der Waals surface area contributed by atoms with E-state index in [1.807, 2.05) is 4.90 Å². The monoisotopic (exact) mass is 323 g/mol. The lowest BCUT2D eigenvalue weighted by molar-refractivity contribution is 0.109. The van der Waals surface area contributed by atoms with E-state index in [2.05, 4.69) is 27.7 Å². The van der Waals surface area contributed by atoms with Crippen molar-refractivity contribution >= 4 is 17.4 Å². The van der Waals surface area contributed by atoms with Crippen LogP contribution < -0.4 is 5.32 Å². The SMILES string of the molecule is O=C(NC[C@H]1CCCO1)N1CCCN(Cc2cccs2)CC1.